The largest absolute Gasteiger partial charge is 0.347 e. The van der Waals surface area contributed by atoms with Crippen molar-refractivity contribution >= 4 is 11.8 Å². The number of hydrogen-bond donors (Lipinski definition) is 1. The maximum absolute atomic E-state index is 12.4. The first-order valence-electron chi connectivity index (χ1n) is 7.20. The third-order valence-electron chi connectivity index (χ3n) is 4.12. The van der Waals surface area contributed by atoms with Crippen LogP contribution < -0.4 is 5.32 Å². The molecule has 1 aromatic rings. The van der Waals surface area contributed by atoms with Crippen molar-refractivity contribution in [3.05, 3.63) is 17.5 Å². The van der Waals surface area contributed by atoms with Crippen LogP contribution in [0.3, 0.4) is 0 Å². The van der Waals surface area contributed by atoms with Gasteiger partial charge < -0.3 is 10.2 Å². The molecule has 2 heterocycles. The van der Waals surface area contributed by atoms with Crippen LogP contribution in [0.5, 0.6) is 0 Å². The summed E-state index contributed by atoms with van der Waals surface area (Å²) in [5.41, 5.74) is 1.69. The Bertz CT molecular complexity index is 547. The van der Waals surface area contributed by atoms with E-state index < -0.39 is 0 Å². The van der Waals surface area contributed by atoms with Crippen LogP contribution in [-0.2, 0) is 11.8 Å². The first kappa shape index (κ1) is 13.1. The van der Waals surface area contributed by atoms with E-state index in [0.29, 0.717) is 31.0 Å². The molecule has 2 aliphatic rings. The van der Waals surface area contributed by atoms with Crippen molar-refractivity contribution in [3.8, 4) is 0 Å². The van der Waals surface area contributed by atoms with Crippen molar-refractivity contribution in [2.24, 2.45) is 7.05 Å². The number of amides is 2. The van der Waals surface area contributed by atoms with Gasteiger partial charge >= 0.3 is 0 Å². The molecule has 0 bridgehead atoms. The minimum atomic E-state index is -0.101. The number of likely N-dealkylation sites (N-methyl/N-ethyl adjacent to an activating group) is 1. The fourth-order valence-electron chi connectivity index (χ4n) is 2.90. The summed E-state index contributed by atoms with van der Waals surface area (Å²) in [6.07, 6.45) is 4.30. The number of carbonyl (C=O) groups excluding carboxylic acids is 2. The number of carbonyl (C=O) groups is 2. The lowest BCUT2D eigenvalue weighted by molar-refractivity contribution is -0.127. The van der Waals surface area contributed by atoms with Crippen molar-refractivity contribution < 1.29 is 9.59 Å². The first-order chi connectivity index (χ1) is 9.60. The van der Waals surface area contributed by atoms with Crippen LogP contribution in [0.1, 0.15) is 48.2 Å². The molecule has 3 rings (SSSR count). The average molecular weight is 276 g/mol. The first-order valence-corrected chi connectivity index (χ1v) is 7.20. The van der Waals surface area contributed by atoms with Gasteiger partial charge in [0.15, 0.2) is 0 Å². The quantitative estimate of drug-likeness (QED) is 0.878. The summed E-state index contributed by atoms with van der Waals surface area (Å²) in [4.78, 5) is 25.8. The molecule has 2 amide bonds. The molecular weight excluding hydrogens is 256 g/mol. The molecule has 1 unspecified atom stereocenters. The van der Waals surface area contributed by atoms with Gasteiger partial charge in [0.2, 0.25) is 5.91 Å². The third-order valence-corrected chi connectivity index (χ3v) is 4.12. The molecule has 1 atom stereocenters. The van der Waals surface area contributed by atoms with Gasteiger partial charge in [-0.3, -0.25) is 14.3 Å². The van der Waals surface area contributed by atoms with E-state index in [-0.39, 0.29) is 17.9 Å². The Morgan fingerprint density at radius 2 is 2.25 bits per heavy atom. The minimum Gasteiger partial charge on any atom is -0.347 e. The van der Waals surface area contributed by atoms with E-state index in [1.165, 1.54) is 0 Å². The van der Waals surface area contributed by atoms with E-state index in [0.717, 1.165) is 18.5 Å². The monoisotopic (exact) mass is 276 g/mol. The highest BCUT2D eigenvalue weighted by molar-refractivity contribution is 5.96. The molecule has 0 radical (unpaired) electrons. The number of aromatic nitrogens is 2. The van der Waals surface area contributed by atoms with E-state index in [1.807, 2.05) is 14.0 Å². The van der Waals surface area contributed by atoms with E-state index in [9.17, 15) is 9.59 Å². The van der Waals surface area contributed by atoms with E-state index in [1.54, 1.807) is 15.8 Å². The van der Waals surface area contributed by atoms with E-state index in [4.69, 9.17) is 0 Å². The standard InChI is InChI=1S/C14H20N4O2/c1-3-18-8-10(6-12(18)19)16-14(20)11-7-15-17(2)13(11)9-4-5-9/h7,9-10H,3-6,8H2,1-2H3,(H,16,20). The van der Waals surface area contributed by atoms with E-state index >= 15 is 0 Å². The Morgan fingerprint density at radius 3 is 2.85 bits per heavy atom. The minimum absolute atomic E-state index is 0.0813. The molecule has 1 aliphatic carbocycles. The fraction of sp³-hybridized carbons (Fsp3) is 0.643. The Hall–Kier alpha value is -1.85. The SMILES string of the molecule is CCN1CC(NC(=O)c2cnn(C)c2C2CC2)CC1=O. The molecule has 1 aliphatic heterocycles. The lowest BCUT2D eigenvalue weighted by Gasteiger charge is -2.14. The summed E-state index contributed by atoms with van der Waals surface area (Å²) in [6.45, 7) is 3.26. The number of rotatable bonds is 4. The van der Waals surface area contributed by atoms with Gasteiger partial charge in [0.05, 0.1) is 23.5 Å². The number of hydrogen-bond acceptors (Lipinski definition) is 3. The third kappa shape index (κ3) is 2.30. The second-order valence-electron chi connectivity index (χ2n) is 5.65. The number of nitrogens with zero attached hydrogens (tertiary/aromatic N) is 3. The maximum atomic E-state index is 12.4. The van der Waals surface area contributed by atoms with Gasteiger partial charge in [0.25, 0.3) is 5.91 Å². The second-order valence-corrected chi connectivity index (χ2v) is 5.65. The second kappa shape index (κ2) is 4.92. The number of nitrogens with one attached hydrogen (secondary N) is 1. The van der Waals surface area contributed by atoms with Crippen molar-refractivity contribution in [3.63, 3.8) is 0 Å². The molecule has 1 saturated carbocycles. The Balaban J connectivity index is 1.70. The van der Waals surface area contributed by atoms with Gasteiger partial charge in [-0.05, 0) is 19.8 Å². The predicted octanol–water partition coefficient (Wildman–Crippen LogP) is 0.648. The summed E-state index contributed by atoms with van der Waals surface area (Å²) in [5, 5.41) is 7.17. The van der Waals surface area contributed by atoms with Gasteiger partial charge in [-0.1, -0.05) is 0 Å². The summed E-state index contributed by atoms with van der Waals surface area (Å²) in [7, 11) is 1.88. The fourth-order valence-corrected chi connectivity index (χ4v) is 2.90. The normalized spacial score (nSPS) is 22.4. The smallest absolute Gasteiger partial charge is 0.255 e. The summed E-state index contributed by atoms with van der Waals surface area (Å²) in [5.74, 6) is 0.489. The van der Waals surface area contributed by atoms with Crippen LogP contribution >= 0.6 is 0 Å². The molecule has 2 fully saturated rings. The highest BCUT2D eigenvalue weighted by Gasteiger charge is 2.34. The summed E-state index contributed by atoms with van der Waals surface area (Å²) in [6, 6.07) is -0.0813. The van der Waals surface area contributed by atoms with Gasteiger partial charge in [-0.2, -0.15) is 5.10 Å². The van der Waals surface area contributed by atoms with Crippen LogP contribution in [0.15, 0.2) is 6.20 Å². The molecular formula is C14H20N4O2. The molecule has 6 heteroatoms. The van der Waals surface area contributed by atoms with E-state index in [2.05, 4.69) is 10.4 Å². The van der Waals surface area contributed by atoms with Crippen LogP contribution in [0, 0.1) is 0 Å². The maximum Gasteiger partial charge on any atom is 0.255 e. The number of likely N-dealkylation sites (tertiary alicyclic amines) is 1. The molecule has 108 valence electrons. The van der Waals surface area contributed by atoms with Gasteiger partial charge in [0, 0.05) is 32.5 Å². The Morgan fingerprint density at radius 1 is 1.50 bits per heavy atom. The van der Waals surface area contributed by atoms with Gasteiger partial charge in [-0.15, -0.1) is 0 Å². The van der Waals surface area contributed by atoms with Gasteiger partial charge in [-0.25, -0.2) is 0 Å². The summed E-state index contributed by atoms with van der Waals surface area (Å²) >= 11 is 0. The molecule has 1 saturated heterocycles. The molecule has 0 aromatic carbocycles. The molecule has 20 heavy (non-hydrogen) atoms. The van der Waals surface area contributed by atoms with Crippen LogP contribution in [0.2, 0.25) is 0 Å². The van der Waals surface area contributed by atoms with Crippen molar-refractivity contribution in [2.75, 3.05) is 13.1 Å². The average Bonchev–Trinajstić information content (AvgIpc) is 3.08. The van der Waals surface area contributed by atoms with Crippen LogP contribution in [-0.4, -0.2) is 45.6 Å². The number of aryl methyl sites for hydroxylation is 1. The highest BCUT2D eigenvalue weighted by Crippen LogP contribution is 2.41. The predicted molar refractivity (Wildman–Crippen MR) is 73.3 cm³/mol. The van der Waals surface area contributed by atoms with Crippen LogP contribution in [0.4, 0.5) is 0 Å². The zero-order valence-electron chi connectivity index (χ0n) is 11.9. The molecule has 1 N–H and O–H groups in total. The molecule has 1 aromatic heterocycles. The highest BCUT2D eigenvalue weighted by atomic mass is 16.2. The molecule has 6 nitrogen and oxygen atoms in total. The molecule has 0 spiro atoms. The van der Waals surface area contributed by atoms with Crippen molar-refractivity contribution in [2.45, 2.75) is 38.1 Å². The lowest BCUT2D eigenvalue weighted by Crippen LogP contribution is -2.37. The zero-order chi connectivity index (χ0) is 14.3. The summed E-state index contributed by atoms with van der Waals surface area (Å²) < 4.78 is 1.80. The van der Waals surface area contributed by atoms with Crippen molar-refractivity contribution in [1.82, 2.24) is 20.0 Å². The topological polar surface area (TPSA) is 67.2 Å². The zero-order valence-corrected chi connectivity index (χ0v) is 11.9. The van der Waals surface area contributed by atoms with Crippen LogP contribution in [0.25, 0.3) is 0 Å². The Kier molecular flexibility index (Phi) is 3.23. The Labute approximate surface area is 118 Å². The van der Waals surface area contributed by atoms with Gasteiger partial charge in [0.1, 0.15) is 0 Å². The van der Waals surface area contributed by atoms with Crippen molar-refractivity contribution in [1.29, 1.82) is 0 Å². The lowest BCUT2D eigenvalue weighted by atomic mass is 10.1.